The Morgan fingerprint density at radius 2 is 2.11 bits per heavy atom. The van der Waals surface area contributed by atoms with E-state index in [1.807, 2.05) is 0 Å². The first-order valence-corrected chi connectivity index (χ1v) is 7.12. The van der Waals surface area contributed by atoms with Crippen molar-refractivity contribution in [3.8, 4) is 0 Å². The van der Waals surface area contributed by atoms with Crippen LogP contribution in [0, 0.1) is 0 Å². The van der Waals surface area contributed by atoms with Crippen molar-refractivity contribution in [3.05, 3.63) is 11.5 Å². The summed E-state index contributed by atoms with van der Waals surface area (Å²) in [6.45, 7) is 2.94. The highest BCUT2D eigenvalue weighted by Crippen LogP contribution is 2.09. The minimum absolute atomic E-state index is 0.183. The summed E-state index contributed by atoms with van der Waals surface area (Å²) in [7, 11) is -3.24. The van der Waals surface area contributed by atoms with Gasteiger partial charge in [-0.2, -0.15) is 0 Å². The van der Waals surface area contributed by atoms with Crippen molar-refractivity contribution in [1.82, 2.24) is 10.2 Å². The summed E-state index contributed by atoms with van der Waals surface area (Å²) in [5, 5.41) is 12.2. The number of amides is 2. The first-order chi connectivity index (χ1) is 8.21. The largest absolute Gasteiger partial charge is 0.480 e. The molecule has 0 fully saturated rings. The molecule has 2 amide bonds. The summed E-state index contributed by atoms with van der Waals surface area (Å²) < 4.78 is 22.3. The lowest BCUT2D eigenvalue weighted by atomic mass is 10.3. The third kappa shape index (κ3) is 4.02. The van der Waals surface area contributed by atoms with Crippen LogP contribution < -0.4 is 5.32 Å². The van der Waals surface area contributed by atoms with E-state index in [1.54, 1.807) is 13.8 Å². The number of sulfone groups is 1. The third-order valence-corrected chi connectivity index (χ3v) is 3.82. The van der Waals surface area contributed by atoms with Crippen molar-refractivity contribution in [2.45, 2.75) is 25.9 Å². The molecule has 1 aliphatic rings. The Morgan fingerprint density at radius 1 is 1.50 bits per heavy atom. The Labute approximate surface area is 105 Å². The topological polar surface area (TPSA) is 104 Å². The number of carboxylic acids is 1. The molecule has 0 aromatic rings. The second-order valence-electron chi connectivity index (χ2n) is 4.33. The lowest BCUT2D eigenvalue weighted by Gasteiger charge is -2.26. The molecule has 1 atom stereocenters. The van der Waals surface area contributed by atoms with Gasteiger partial charge in [0.2, 0.25) is 0 Å². The van der Waals surface area contributed by atoms with Gasteiger partial charge in [-0.15, -0.1) is 0 Å². The number of carbonyl (C=O) groups is 2. The summed E-state index contributed by atoms with van der Waals surface area (Å²) in [4.78, 5) is 23.6. The minimum Gasteiger partial charge on any atom is -0.480 e. The highest BCUT2D eigenvalue weighted by Gasteiger charge is 2.26. The van der Waals surface area contributed by atoms with Crippen molar-refractivity contribution in [3.63, 3.8) is 0 Å². The third-order valence-electron chi connectivity index (χ3n) is 2.43. The van der Waals surface area contributed by atoms with Gasteiger partial charge in [-0.3, -0.25) is 4.79 Å². The van der Waals surface area contributed by atoms with Crippen molar-refractivity contribution in [2.75, 3.05) is 12.3 Å². The number of urea groups is 1. The van der Waals surface area contributed by atoms with Gasteiger partial charge in [0.15, 0.2) is 9.84 Å². The fraction of sp³-hybridized carbons (Fsp3) is 0.600. The van der Waals surface area contributed by atoms with Gasteiger partial charge in [-0.1, -0.05) is 0 Å². The number of hydrogen-bond acceptors (Lipinski definition) is 4. The average Bonchev–Trinajstić information content (AvgIpc) is 2.53. The van der Waals surface area contributed by atoms with Gasteiger partial charge < -0.3 is 15.3 Å². The molecule has 1 aliphatic heterocycles. The van der Waals surface area contributed by atoms with E-state index in [2.05, 4.69) is 5.32 Å². The monoisotopic (exact) mass is 276 g/mol. The maximum absolute atomic E-state index is 11.8. The summed E-state index contributed by atoms with van der Waals surface area (Å²) in [5.74, 6) is -1.30. The van der Waals surface area contributed by atoms with E-state index in [-0.39, 0.29) is 11.8 Å². The maximum atomic E-state index is 11.8. The van der Waals surface area contributed by atoms with Gasteiger partial charge >= 0.3 is 12.0 Å². The molecule has 2 N–H and O–H groups in total. The molecule has 0 aliphatic carbocycles. The zero-order chi connectivity index (χ0) is 13.9. The predicted octanol–water partition coefficient (Wildman–Crippen LogP) is -0.198. The van der Waals surface area contributed by atoms with E-state index in [9.17, 15) is 18.0 Å². The zero-order valence-corrected chi connectivity index (χ0v) is 11.0. The van der Waals surface area contributed by atoms with Gasteiger partial charge in [0, 0.05) is 11.4 Å². The normalized spacial score (nSPS) is 20.9. The minimum atomic E-state index is -3.24. The second-order valence-corrected chi connectivity index (χ2v) is 6.26. The number of rotatable bonds is 4. The molecule has 0 spiro atoms. The quantitative estimate of drug-likeness (QED) is 0.740. The summed E-state index contributed by atoms with van der Waals surface area (Å²) in [6.07, 6.45) is 1.38. The Kier molecular flexibility index (Phi) is 4.33. The van der Waals surface area contributed by atoms with Crippen molar-refractivity contribution >= 4 is 21.8 Å². The van der Waals surface area contributed by atoms with Gasteiger partial charge in [-0.05, 0) is 19.9 Å². The zero-order valence-electron chi connectivity index (χ0n) is 10.2. The Balaban J connectivity index is 2.63. The molecule has 1 rings (SSSR count). The summed E-state index contributed by atoms with van der Waals surface area (Å²) >= 11 is 0. The molecular weight excluding hydrogens is 260 g/mol. The summed E-state index contributed by atoms with van der Waals surface area (Å²) in [5.41, 5.74) is 0. The lowest BCUT2D eigenvalue weighted by Crippen LogP contribution is -2.49. The number of hydrogen-bond donors (Lipinski definition) is 2. The van der Waals surface area contributed by atoms with Crippen LogP contribution in [0.15, 0.2) is 11.5 Å². The molecule has 0 aromatic heterocycles. The van der Waals surface area contributed by atoms with Crippen LogP contribution >= 0.6 is 0 Å². The molecule has 1 unspecified atom stereocenters. The van der Waals surface area contributed by atoms with E-state index in [4.69, 9.17) is 5.11 Å². The van der Waals surface area contributed by atoms with Gasteiger partial charge in [0.1, 0.15) is 6.54 Å². The molecule has 0 radical (unpaired) electrons. The predicted molar refractivity (Wildman–Crippen MR) is 64.7 cm³/mol. The van der Waals surface area contributed by atoms with Crippen LogP contribution in [0.1, 0.15) is 13.8 Å². The van der Waals surface area contributed by atoms with Crippen LogP contribution in [-0.4, -0.2) is 54.8 Å². The second kappa shape index (κ2) is 5.38. The molecule has 102 valence electrons. The van der Waals surface area contributed by atoms with Gasteiger partial charge in [-0.25, -0.2) is 13.2 Å². The molecular formula is C10H16N2O5S. The fourth-order valence-corrected chi connectivity index (χ4v) is 2.78. The molecule has 18 heavy (non-hydrogen) atoms. The Morgan fingerprint density at radius 3 is 2.50 bits per heavy atom. The highest BCUT2D eigenvalue weighted by molar-refractivity contribution is 7.94. The molecule has 0 saturated carbocycles. The van der Waals surface area contributed by atoms with Crippen LogP contribution in [0.2, 0.25) is 0 Å². The van der Waals surface area contributed by atoms with E-state index in [0.29, 0.717) is 0 Å². The van der Waals surface area contributed by atoms with Crippen LogP contribution in [0.25, 0.3) is 0 Å². The number of nitrogens with one attached hydrogen (secondary N) is 1. The molecule has 0 saturated heterocycles. The smallest absolute Gasteiger partial charge is 0.323 e. The first kappa shape index (κ1) is 14.5. The van der Waals surface area contributed by atoms with Crippen molar-refractivity contribution in [2.24, 2.45) is 0 Å². The lowest BCUT2D eigenvalue weighted by molar-refractivity contribution is -0.138. The van der Waals surface area contributed by atoms with Crippen molar-refractivity contribution < 1.29 is 23.1 Å². The van der Waals surface area contributed by atoms with Crippen LogP contribution in [0.4, 0.5) is 4.79 Å². The molecule has 0 aromatic carbocycles. The maximum Gasteiger partial charge on any atom is 0.323 e. The SMILES string of the molecule is CC(C)N(CC(=O)O)C(=O)NC1C=CS(=O)(=O)C1. The first-order valence-electron chi connectivity index (χ1n) is 5.41. The number of carbonyl (C=O) groups excluding carboxylic acids is 1. The Hall–Kier alpha value is -1.57. The number of carboxylic acid groups (broad SMARTS) is 1. The van der Waals surface area contributed by atoms with E-state index in [1.165, 1.54) is 6.08 Å². The fourth-order valence-electron chi connectivity index (χ4n) is 1.54. The highest BCUT2D eigenvalue weighted by atomic mass is 32.2. The standard InChI is InChI=1S/C10H16N2O5S/c1-7(2)12(5-9(13)14)10(15)11-8-3-4-18(16,17)6-8/h3-4,7-8H,5-6H2,1-2H3,(H,11,15)(H,13,14). The number of aliphatic carboxylic acids is 1. The van der Waals surface area contributed by atoms with E-state index in [0.717, 1.165) is 10.3 Å². The molecule has 8 heteroatoms. The van der Waals surface area contributed by atoms with Crippen LogP contribution in [0.5, 0.6) is 0 Å². The van der Waals surface area contributed by atoms with Gasteiger partial charge in [0.25, 0.3) is 0 Å². The average molecular weight is 276 g/mol. The molecule has 0 bridgehead atoms. The van der Waals surface area contributed by atoms with E-state index >= 15 is 0 Å². The van der Waals surface area contributed by atoms with Crippen LogP contribution in [0.3, 0.4) is 0 Å². The molecule has 7 nitrogen and oxygen atoms in total. The van der Waals surface area contributed by atoms with Gasteiger partial charge in [0.05, 0.1) is 11.8 Å². The molecule has 1 heterocycles. The Bertz CT molecular complexity index is 469. The summed E-state index contributed by atoms with van der Waals surface area (Å²) in [6, 6.07) is -1.47. The van der Waals surface area contributed by atoms with Crippen molar-refractivity contribution in [1.29, 1.82) is 0 Å². The number of nitrogens with zero attached hydrogens (tertiary/aromatic N) is 1. The van der Waals surface area contributed by atoms with E-state index < -0.39 is 34.4 Å². The van der Waals surface area contributed by atoms with Crippen LogP contribution in [-0.2, 0) is 14.6 Å².